The van der Waals surface area contributed by atoms with E-state index in [4.69, 9.17) is 11.6 Å². The lowest BCUT2D eigenvalue weighted by Crippen LogP contribution is -2.29. The molecule has 1 aromatic carbocycles. The van der Waals surface area contributed by atoms with E-state index in [0.29, 0.717) is 19.6 Å². The molecule has 2 rings (SSSR count). The number of carbonyl (C=O) groups is 1. The van der Waals surface area contributed by atoms with Gasteiger partial charge in [-0.25, -0.2) is 8.42 Å². The smallest absolute Gasteiger partial charge is 0.252 e. The van der Waals surface area contributed by atoms with Gasteiger partial charge in [-0.3, -0.25) is 4.79 Å². The van der Waals surface area contributed by atoms with Gasteiger partial charge in [-0.2, -0.15) is 16.1 Å². The number of nitrogens with zero attached hydrogens (tertiary/aromatic N) is 1. The van der Waals surface area contributed by atoms with Crippen LogP contribution in [0.3, 0.4) is 0 Å². The SMILES string of the molecule is CC(C)(C)SCCNC(=O)c1cc(S(=O)(=O)N2CCCC2)ccc1Cl. The number of nitrogens with one attached hydrogen (secondary N) is 1. The number of sulfonamides is 1. The molecule has 0 radical (unpaired) electrons. The van der Waals surface area contributed by atoms with Crippen LogP contribution in [-0.4, -0.2) is 48.8 Å². The largest absolute Gasteiger partial charge is 0.351 e. The van der Waals surface area contributed by atoms with E-state index >= 15 is 0 Å². The van der Waals surface area contributed by atoms with Gasteiger partial charge in [0.15, 0.2) is 0 Å². The molecule has 140 valence electrons. The van der Waals surface area contributed by atoms with Crippen molar-refractivity contribution in [3.8, 4) is 0 Å². The fourth-order valence-corrected chi connectivity index (χ4v) is 5.10. The van der Waals surface area contributed by atoms with Crippen molar-refractivity contribution in [2.75, 3.05) is 25.4 Å². The lowest BCUT2D eigenvalue weighted by molar-refractivity contribution is 0.0956. The summed E-state index contributed by atoms with van der Waals surface area (Å²) in [6, 6.07) is 4.31. The maximum absolute atomic E-state index is 12.6. The summed E-state index contributed by atoms with van der Waals surface area (Å²) in [6.45, 7) is 7.89. The van der Waals surface area contributed by atoms with Gasteiger partial charge in [0.05, 0.1) is 15.5 Å². The minimum absolute atomic E-state index is 0.119. The molecule has 25 heavy (non-hydrogen) atoms. The van der Waals surface area contributed by atoms with Crippen LogP contribution in [-0.2, 0) is 10.0 Å². The van der Waals surface area contributed by atoms with Crippen LogP contribution in [0.5, 0.6) is 0 Å². The molecule has 0 unspecified atom stereocenters. The normalized spacial score (nSPS) is 16.2. The minimum atomic E-state index is -3.57. The number of hydrogen-bond acceptors (Lipinski definition) is 4. The van der Waals surface area contributed by atoms with Crippen molar-refractivity contribution < 1.29 is 13.2 Å². The summed E-state index contributed by atoms with van der Waals surface area (Å²) in [5, 5.41) is 3.06. The Balaban J connectivity index is 2.09. The molecule has 0 bridgehead atoms. The van der Waals surface area contributed by atoms with Crippen molar-refractivity contribution in [1.29, 1.82) is 0 Å². The number of thioether (sulfide) groups is 1. The second-order valence-corrected chi connectivity index (χ2v) is 11.2. The molecule has 0 atom stereocenters. The van der Waals surface area contributed by atoms with Crippen LogP contribution in [0, 0.1) is 0 Å². The second-order valence-electron chi connectivity index (χ2n) is 6.97. The monoisotopic (exact) mass is 404 g/mol. The molecule has 1 aliphatic heterocycles. The quantitative estimate of drug-likeness (QED) is 0.738. The highest BCUT2D eigenvalue weighted by molar-refractivity contribution is 8.00. The summed E-state index contributed by atoms with van der Waals surface area (Å²) in [5.74, 6) is 0.427. The first-order valence-electron chi connectivity index (χ1n) is 8.33. The van der Waals surface area contributed by atoms with Gasteiger partial charge in [0.25, 0.3) is 5.91 Å². The van der Waals surface area contributed by atoms with Gasteiger partial charge in [0, 0.05) is 30.1 Å². The van der Waals surface area contributed by atoms with E-state index in [1.807, 2.05) is 0 Å². The van der Waals surface area contributed by atoms with Crippen LogP contribution in [0.25, 0.3) is 0 Å². The van der Waals surface area contributed by atoms with Crippen molar-refractivity contribution in [3.63, 3.8) is 0 Å². The fourth-order valence-electron chi connectivity index (χ4n) is 2.53. The van der Waals surface area contributed by atoms with Crippen LogP contribution in [0.4, 0.5) is 0 Å². The third-order valence-corrected chi connectivity index (χ3v) is 7.31. The lowest BCUT2D eigenvalue weighted by atomic mass is 10.2. The van der Waals surface area contributed by atoms with Crippen molar-refractivity contribution in [2.24, 2.45) is 0 Å². The number of amides is 1. The van der Waals surface area contributed by atoms with E-state index in [1.165, 1.54) is 22.5 Å². The molecule has 1 amide bonds. The number of hydrogen-bond donors (Lipinski definition) is 1. The van der Waals surface area contributed by atoms with Gasteiger partial charge in [-0.1, -0.05) is 32.4 Å². The Morgan fingerprint density at radius 2 is 1.92 bits per heavy atom. The molecule has 1 N–H and O–H groups in total. The summed E-state index contributed by atoms with van der Waals surface area (Å²) in [6.07, 6.45) is 1.73. The highest BCUT2D eigenvalue weighted by atomic mass is 35.5. The molecule has 0 aromatic heterocycles. The Morgan fingerprint density at radius 1 is 1.28 bits per heavy atom. The van der Waals surface area contributed by atoms with Crippen LogP contribution in [0.1, 0.15) is 44.0 Å². The molecule has 0 saturated carbocycles. The standard InChI is InChI=1S/C17H25ClN2O3S2/c1-17(2,3)24-11-8-19-16(21)14-12-13(6-7-15(14)18)25(22,23)20-9-4-5-10-20/h6-7,12H,4-5,8-11H2,1-3H3,(H,19,21). The zero-order chi connectivity index (χ0) is 18.7. The maximum atomic E-state index is 12.6. The summed E-state index contributed by atoms with van der Waals surface area (Å²) in [7, 11) is -3.57. The average molecular weight is 405 g/mol. The van der Waals surface area contributed by atoms with Gasteiger partial charge < -0.3 is 5.32 Å². The van der Waals surface area contributed by atoms with Gasteiger partial charge in [-0.15, -0.1) is 0 Å². The fraction of sp³-hybridized carbons (Fsp3) is 0.588. The summed E-state index contributed by atoms with van der Waals surface area (Å²) in [4.78, 5) is 12.5. The second kappa shape index (κ2) is 8.29. The third kappa shape index (κ3) is 5.61. The minimum Gasteiger partial charge on any atom is -0.351 e. The first kappa shape index (κ1) is 20.6. The Bertz CT molecular complexity index is 724. The number of carbonyl (C=O) groups excluding carboxylic acids is 1. The van der Waals surface area contributed by atoms with E-state index in [0.717, 1.165) is 18.6 Å². The van der Waals surface area contributed by atoms with E-state index < -0.39 is 10.0 Å². The molecule has 1 fully saturated rings. The average Bonchev–Trinajstić information content (AvgIpc) is 3.06. The zero-order valence-electron chi connectivity index (χ0n) is 14.8. The Hall–Kier alpha value is -0.760. The van der Waals surface area contributed by atoms with E-state index in [1.54, 1.807) is 11.8 Å². The number of halogens is 1. The van der Waals surface area contributed by atoms with Crippen molar-refractivity contribution in [3.05, 3.63) is 28.8 Å². The highest BCUT2D eigenvalue weighted by Gasteiger charge is 2.28. The topological polar surface area (TPSA) is 66.5 Å². The number of rotatable bonds is 6. The lowest BCUT2D eigenvalue weighted by Gasteiger charge is -2.18. The van der Waals surface area contributed by atoms with E-state index in [-0.39, 0.29) is 26.1 Å². The molecule has 0 aliphatic carbocycles. The van der Waals surface area contributed by atoms with E-state index in [2.05, 4.69) is 26.1 Å². The Morgan fingerprint density at radius 3 is 2.52 bits per heavy atom. The summed E-state index contributed by atoms with van der Waals surface area (Å²) >= 11 is 7.86. The molecule has 1 aliphatic rings. The molecule has 1 aromatic rings. The highest BCUT2D eigenvalue weighted by Crippen LogP contribution is 2.25. The van der Waals surface area contributed by atoms with Crippen molar-refractivity contribution in [2.45, 2.75) is 43.3 Å². The predicted octanol–water partition coefficient (Wildman–Crippen LogP) is 3.39. The zero-order valence-corrected chi connectivity index (χ0v) is 17.2. The summed E-state index contributed by atoms with van der Waals surface area (Å²) in [5.41, 5.74) is 0.197. The Kier molecular flexibility index (Phi) is 6.81. The molecule has 1 saturated heterocycles. The van der Waals surface area contributed by atoms with Gasteiger partial charge in [-0.05, 0) is 31.0 Å². The molecular weight excluding hydrogens is 380 g/mol. The van der Waals surface area contributed by atoms with Crippen LogP contribution >= 0.6 is 23.4 Å². The molecule has 8 heteroatoms. The van der Waals surface area contributed by atoms with Crippen LogP contribution in [0.15, 0.2) is 23.1 Å². The van der Waals surface area contributed by atoms with Gasteiger partial charge in [0.1, 0.15) is 0 Å². The van der Waals surface area contributed by atoms with Crippen LogP contribution in [0.2, 0.25) is 5.02 Å². The molecular formula is C17H25ClN2O3S2. The third-order valence-electron chi connectivity index (χ3n) is 3.81. The van der Waals surface area contributed by atoms with Crippen molar-refractivity contribution >= 4 is 39.3 Å². The molecule has 1 heterocycles. The number of benzene rings is 1. The molecule has 5 nitrogen and oxygen atoms in total. The predicted molar refractivity (Wildman–Crippen MR) is 104 cm³/mol. The van der Waals surface area contributed by atoms with Gasteiger partial charge >= 0.3 is 0 Å². The Labute approximate surface area is 159 Å². The summed E-state index contributed by atoms with van der Waals surface area (Å²) < 4.78 is 26.9. The first-order valence-corrected chi connectivity index (χ1v) is 11.1. The first-order chi connectivity index (χ1) is 11.6. The maximum Gasteiger partial charge on any atom is 0.252 e. The van der Waals surface area contributed by atoms with Crippen LogP contribution < -0.4 is 5.32 Å². The molecule has 0 spiro atoms. The van der Waals surface area contributed by atoms with Gasteiger partial charge in [0.2, 0.25) is 10.0 Å². The van der Waals surface area contributed by atoms with Crippen molar-refractivity contribution in [1.82, 2.24) is 9.62 Å². The van der Waals surface area contributed by atoms with E-state index in [9.17, 15) is 13.2 Å².